The maximum atomic E-state index is 15.3. The minimum Gasteiger partial charge on any atom is -0.490 e. The number of carboxylic acids is 1. The third kappa shape index (κ3) is 10.1. The molecule has 1 aromatic heterocycles. The smallest absolute Gasteiger partial charge is 0.336 e. The molecule has 0 bridgehead atoms. The molecular formula is C41H45ClFN9O7. The Labute approximate surface area is 345 Å². The molecule has 1 aliphatic carbocycles. The van der Waals surface area contributed by atoms with Crippen molar-refractivity contribution in [2.45, 2.75) is 69.6 Å². The van der Waals surface area contributed by atoms with E-state index < -0.39 is 41.1 Å². The standard InChI is InChI=1S/C41H45ClFN9O7/c42-31-19-28(4-1-25(31)22-44)59-27-5-2-26(3-6-27)45-40(56)34-7-9-36(49-48-34)52-13-11-24(12-14-52)23-50-15-17-51(18-16-50)35-21-29(30(41(57)58)20-32(35)43)38(54)46-33-8-10-37(53)47-39(33)55/h1,4,7,9,19-21,24,26-27,33H,2-3,5-6,8,10-18,23H2,(H,45,56)(H,46,54)(H,57,58)(H,47,53,55)/t26-,27-,33?. The number of piperidine rings is 2. The summed E-state index contributed by atoms with van der Waals surface area (Å²) in [6.07, 6.45) is 5.03. The summed E-state index contributed by atoms with van der Waals surface area (Å²) in [7, 11) is 0. The van der Waals surface area contributed by atoms with Gasteiger partial charge in [0.05, 0.1) is 33.5 Å². The third-order valence-electron chi connectivity index (χ3n) is 11.5. The van der Waals surface area contributed by atoms with Gasteiger partial charge in [0.15, 0.2) is 11.5 Å². The van der Waals surface area contributed by atoms with Gasteiger partial charge in [-0.3, -0.25) is 29.4 Å². The first-order chi connectivity index (χ1) is 28.4. The summed E-state index contributed by atoms with van der Waals surface area (Å²) < 4.78 is 21.4. The second kappa shape index (κ2) is 18.4. The van der Waals surface area contributed by atoms with E-state index in [1.54, 1.807) is 29.2 Å². The van der Waals surface area contributed by atoms with Gasteiger partial charge in [-0.25, -0.2) is 9.18 Å². The average molecular weight is 830 g/mol. The molecule has 4 heterocycles. The minimum atomic E-state index is -1.47. The van der Waals surface area contributed by atoms with Crippen LogP contribution >= 0.6 is 11.6 Å². The van der Waals surface area contributed by atoms with Gasteiger partial charge >= 0.3 is 5.97 Å². The lowest BCUT2D eigenvalue weighted by molar-refractivity contribution is -0.134. The second-order valence-corrected chi connectivity index (χ2v) is 15.9. The summed E-state index contributed by atoms with van der Waals surface area (Å²) in [5.74, 6) is -2.67. The van der Waals surface area contributed by atoms with Crippen LogP contribution in [0.2, 0.25) is 5.02 Å². The number of ether oxygens (including phenoxy) is 1. The molecular weight excluding hydrogens is 785 g/mol. The first-order valence-corrected chi connectivity index (χ1v) is 20.3. The van der Waals surface area contributed by atoms with Gasteiger partial charge in [-0.2, -0.15) is 5.26 Å². The Kier molecular flexibility index (Phi) is 12.9. The van der Waals surface area contributed by atoms with Crippen molar-refractivity contribution >= 4 is 52.7 Å². The number of nitrogens with zero attached hydrogens (tertiary/aromatic N) is 6. The number of aromatic carboxylic acids is 1. The van der Waals surface area contributed by atoms with Crippen LogP contribution in [0.15, 0.2) is 42.5 Å². The zero-order valence-electron chi connectivity index (χ0n) is 32.3. The molecule has 4 aliphatic rings. The molecule has 2 aromatic carbocycles. The summed E-state index contributed by atoms with van der Waals surface area (Å²) in [5.41, 5.74) is 0.000747. The van der Waals surface area contributed by atoms with Crippen LogP contribution in [0.4, 0.5) is 15.9 Å². The maximum absolute atomic E-state index is 15.3. The van der Waals surface area contributed by atoms with Gasteiger partial charge in [0.1, 0.15) is 23.7 Å². The quantitative estimate of drug-likeness (QED) is 0.204. The molecule has 1 atom stereocenters. The summed E-state index contributed by atoms with van der Waals surface area (Å²) in [6.45, 7) is 4.68. The first-order valence-electron chi connectivity index (χ1n) is 19.9. The molecule has 1 saturated carbocycles. The predicted molar refractivity (Wildman–Crippen MR) is 213 cm³/mol. The number of benzene rings is 2. The number of rotatable bonds is 11. The highest BCUT2D eigenvalue weighted by Crippen LogP contribution is 2.29. The van der Waals surface area contributed by atoms with Crippen LogP contribution in [0.1, 0.15) is 88.1 Å². The topological polar surface area (TPSA) is 210 Å². The lowest BCUT2D eigenvalue weighted by Crippen LogP contribution is -2.52. The number of nitriles is 1. The highest BCUT2D eigenvalue weighted by atomic mass is 35.5. The maximum Gasteiger partial charge on any atom is 0.336 e. The predicted octanol–water partition coefficient (Wildman–Crippen LogP) is 3.53. The zero-order chi connectivity index (χ0) is 41.6. The Morgan fingerprint density at radius 3 is 2.27 bits per heavy atom. The summed E-state index contributed by atoms with van der Waals surface area (Å²) in [6, 6.07) is 11.7. The van der Waals surface area contributed by atoms with E-state index in [1.807, 2.05) is 12.1 Å². The Bertz CT molecular complexity index is 2130. The Hall–Kier alpha value is -5.86. The fourth-order valence-electron chi connectivity index (χ4n) is 8.17. The Morgan fingerprint density at radius 1 is 0.881 bits per heavy atom. The van der Waals surface area contributed by atoms with Gasteiger partial charge in [0.25, 0.3) is 11.8 Å². The summed E-state index contributed by atoms with van der Waals surface area (Å²) in [5, 5.41) is 35.5. The number of hydrogen-bond donors (Lipinski definition) is 4. The molecule has 4 N–H and O–H groups in total. The van der Waals surface area contributed by atoms with Crippen molar-refractivity contribution in [3.8, 4) is 11.8 Å². The summed E-state index contributed by atoms with van der Waals surface area (Å²) in [4.78, 5) is 68.1. The van der Waals surface area contributed by atoms with Crippen molar-refractivity contribution in [3.05, 3.63) is 75.7 Å². The van der Waals surface area contributed by atoms with Crippen molar-refractivity contribution in [2.75, 3.05) is 55.6 Å². The van der Waals surface area contributed by atoms with E-state index >= 15 is 4.39 Å². The fourth-order valence-corrected chi connectivity index (χ4v) is 8.38. The highest BCUT2D eigenvalue weighted by Gasteiger charge is 2.32. The van der Waals surface area contributed by atoms with Crippen LogP contribution in [0.3, 0.4) is 0 Å². The number of aromatic nitrogens is 2. The second-order valence-electron chi connectivity index (χ2n) is 15.4. The van der Waals surface area contributed by atoms with Gasteiger partial charge < -0.3 is 30.3 Å². The van der Waals surface area contributed by atoms with Gasteiger partial charge in [0, 0.05) is 64.3 Å². The van der Waals surface area contributed by atoms with Crippen molar-refractivity contribution in [1.82, 2.24) is 31.0 Å². The van der Waals surface area contributed by atoms with Crippen molar-refractivity contribution in [1.29, 1.82) is 5.26 Å². The van der Waals surface area contributed by atoms with Crippen LogP contribution in [0.5, 0.6) is 5.75 Å². The van der Waals surface area contributed by atoms with Gasteiger partial charge in [-0.05, 0) is 87.3 Å². The van der Waals surface area contributed by atoms with Crippen LogP contribution in [0, 0.1) is 23.1 Å². The molecule has 3 saturated heterocycles. The van der Waals surface area contributed by atoms with E-state index in [-0.39, 0.29) is 47.8 Å². The number of imide groups is 1. The number of nitrogens with one attached hydrogen (secondary N) is 3. The number of piperazine rings is 1. The summed E-state index contributed by atoms with van der Waals surface area (Å²) >= 11 is 6.14. The molecule has 1 unspecified atom stereocenters. The number of amides is 4. The lowest BCUT2D eigenvalue weighted by atomic mass is 9.93. The molecule has 3 aliphatic heterocycles. The first kappa shape index (κ1) is 41.3. The normalized spacial score (nSPS) is 21.6. The van der Waals surface area contributed by atoms with E-state index in [9.17, 15) is 29.1 Å². The molecule has 7 rings (SSSR count). The number of carbonyl (C=O) groups excluding carboxylic acids is 4. The SMILES string of the molecule is N#Cc1ccc(O[C@H]2CC[C@H](NC(=O)c3ccc(N4CCC(CN5CCN(c6cc(C(=O)NC7CCC(=O)NC7=O)c(C(=O)O)cc6F)CC5)CC4)nn3)CC2)cc1Cl. The largest absolute Gasteiger partial charge is 0.490 e. The average Bonchev–Trinajstić information content (AvgIpc) is 3.23. The van der Waals surface area contributed by atoms with Gasteiger partial charge in [-0.1, -0.05) is 11.6 Å². The van der Waals surface area contributed by atoms with Crippen molar-refractivity contribution in [3.63, 3.8) is 0 Å². The van der Waals surface area contributed by atoms with E-state index in [4.69, 9.17) is 21.6 Å². The minimum absolute atomic E-state index is 0.00139. The van der Waals surface area contributed by atoms with E-state index in [0.29, 0.717) is 48.4 Å². The van der Waals surface area contributed by atoms with E-state index in [1.165, 1.54) is 6.07 Å². The fraction of sp³-hybridized carbons (Fsp3) is 0.463. The number of anilines is 2. The Morgan fingerprint density at radius 2 is 1.63 bits per heavy atom. The Balaban J connectivity index is 0.840. The van der Waals surface area contributed by atoms with E-state index in [2.05, 4.69) is 35.9 Å². The molecule has 18 heteroatoms. The molecule has 0 spiro atoms. The number of halogens is 2. The monoisotopic (exact) mass is 829 g/mol. The van der Waals surface area contributed by atoms with Crippen molar-refractivity contribution in [2.24, 2.45) is 5.92 Å². The third-order valence-corrected chi connectivity index (χ3v) is 11.8. The van der Waals surface area contributed by atoms with Crippen LogP contribution in [-0.2, 0) is 9.59 Å². The number of carbonyl (C=O) groups is 5. The lowest BCUT2D eigenvalue weighted by Gasteiger charge is -2.40. The molecule has 16 nitrogen and oxygen atoms in total. The molecule has 4 fully saturated rings. The number of carboxylic acid groups (broad SMARTS) is 1. The molecule has 59 heavy (non-hydrogen) atoms. The van der Waals surface area contributed by atoms with Gasteiger partial charge in [-0.15, -0.1) is 10.2 Å². The molecule has 0 radical (unpaired) electrons. The molecule has 310 valence electrons. The van der Waals surface area contributed by atoms with E-state index in [0.717, 1.165) is 70.0 Å². The van der Waals surface area contributed by atoms with Crippen LogP contribution in [-0.4, -0.2) is 114 Å². The number of hydrogen-bond acceptors (Lipinski definition) is 12. The van der Waals surface area contributed by atoms with Crippen LogP contribution in [0.25, 0.3) is 0 Å². The van der Waals surface area contributed by atoms with Gasteiger partial charge in [0.2, 0.25) is 11.8 Å². The van der Waals surface area contributed by atoms with Crippen LogP contribution < -0.4 is 30.5 Å². The molecule has 3 aromatic rings. The highest BCUT2D eigenvalue weighted by molar-refractivity contribution is 6.31. The molecule has 4 amide bonds. The zero-order valence-corrected chi connectivity index (χ0v) is 33.0. The van der Waals surface area contributed by atoms with Crippen molar-refractivity contribution < 1.29 is 38.2 Å².